The number of nitrogens with zero attached hydrogens (tertiary/aromatic N) is 4. The SMILES string of the molecule is N=Cn1cc2c(n1)[C@@H](CN)N1C[C@H]2N(OS(=O)(=O)O)C1. The number of nitrogens with one attached hydrogen (secondary N) is 1. The number of nitrogens with two attached hydrogens (primary N) is 1. The molecule has 0 amide bonds. The zero-order valence-electron chi connectivity index (χ0n) is 10.4. The average molecular weight is 302 g/mol. The lowest BCUT2D eigenvalue weighted by Gasteiger charge is -2.28. The third-order valence-electron chi connectivity index (χ3n) is 3.53. The number of hydrogen-bond donors (Lipinski definition) is 3. The molecule has 3 heterocycles. The maximum Gasteiger partial charge on any atom is 0.413 e. The van der Waals surface area contributed by atoms with E-state index in [9.17, 15) is 8.42 Å². The summed E-state index contributed by atoms with van der Waals surface area (Å²) in [6, 6.07) is -0.541. The summed E-state index contributed by atoms with van der Waals surface area (Å²) in [6.45, 7) is 1.04. The van der Waals surface area contributed by atoms with E-state index in [1.165, 1.54) is 9.75 Å². The van der Waals surface area contributed by atoms with Crippen molar-refractivity contribution in [1.82, 2.24) is 19.7 Å². The van der Waals surface area contributed by atoms with E-state index in [1.807, 2.05) is 4.90 Å². The van der Waals surface area contributed by atoms with Crippen molar-refractivity contribution in [2.24, 2.45) is 5.73 Å². The average Bonchev–Trinajstić information content (AvgIpc) is 2.92. The normalized spacial score (nSPS) is 29.4. The monoisotopic (exact) mass is 302 g/mol. The molecule has 0 spiro atoms. The van der Waals surface area contributed by atoms with Crippen LogP contribution >= 0.6 is 0 Å². The van der Waals surface area contributed by atoms with Gasteiger partial charge < -0.3 is 5.73 Å². The van der Waals surface area contributed by atoms with Crippen LogP contribution in [0.4, 0.5) is 0 Å². The number of hydroxylamine groups is 2. The van der Waals surface area contributed by atoms with E-state index in [0.29, 0.717) is 18.8 Å². The van der Waals surface area contributed by atoms with Crippen molar-refractivity contribution in [3.63, 3.8) is 0 Å². The molecule has 3 atom stereocenters. The van der Waals surface area contributed by atoms with Gasteiger partial charge in [0.1, 0.15) is 6.34 Å². The maximum atomic E-state index is 10.9. The fourth-order valence-electron chi connectivity index (χ4n) is 2.76. The van der Waals surface area contributed by atoms with Crippen LogP contribution in [-0.4, -0.2) is 58.8 Å². The molecule has 3 rings (SSSR count). The van der Waals surface area contributed by atoms with Crippen LogP contribution in [0.3, 0.4) is 0 Å². The Labute approximate surface area is 115 Å². The first-order valence-corrected chi connectivity index (χ1v) is 7.26. The molecular formula is C9H14N6O4S. The molecule has 1 fully saturated rings. The molecule has 2 bridgehead atoms. The first-order valence-electron chi connectivity index (χ1n) is 5.90. The van der Waals surface area contributed by atoms with Gasteiger partial charge in [0, 0.05) is 24.8 Å². The molecule has 1 saturated heterocycles. The van der Waals surface area contributed by atoms with E-state index < -0.39 is 10.4 Å². The molecule has 4 N–H and O–H groups in total. The summed E-state index contributed by atoms with van der Waals surface area (Å²) in [4.78, 5) is 1.92. The number of fused-ring (bicyclic) bond motifs is 4. The topological polar surface area (TPSA) is 138 Å². The van der Waals surface area contributed by atoms with E-state index in [2.05, 4.69) is 9.38 Å². The van der Waals surface area contributed by atoms with Gasteiger partial charge in [0.2, 0.25) is 0 Å². The van der Waals surface area contributed by atoms with Crippen molar-refractivity contribution in [3.8, 4) is 0 Å². The van der Waals surface area contributed by atoms with Crippen LogP contribution in [0.2, 0.25) is 0 Å². The Hall–Kier alpha value is -1.37. The number of rotatable bonds is 4. The lowest BCUT2D eigenvalue weighted by molar-refractivity contribution is -0.0806. The first kappa shape index (κ1) is 13.6. The van der Waals surface area contributed by atoms with E-state index in [4.69, 9.17) is 15.7 Å². The summed E-state index contributed by atoms with van der Waals surface area (Å²) in [5.41, 5.74) is 7.20. The van der Waals surface area contributed by atoms with Crippen LogP contribution in [0.1, 0.15) is 23.3 Å². The fraction of sp³-hybridized carbons (Fsp3) is 0.556. The molecule has 10 nitrogen and oxygen atoms in total. The molecule has 1 aromatic rings. The maximum absolute atomic E-state index is 10.9. The molecule has 11 heteroatoms. The highest BCUT2D eigenvalue weighted by Crippen LogP contribution is 2.41. The molecule has 0 saturated carbocycles. The summed E-state index contributed by atoms with van der Waals surface area (Å²) >= 11 is 0. The molecule has 110 valence electrons. The van der Waals surface area contributed by atoms with E-state index in [0.717, 1.165) is 11.9 Å². The minimum Gasteiger partial charge on any atom is -0.329 e. The molecule has 1 unspecified atom stereocenters. The second-order valence-electron chi connectivity index (χ2n) is 4.68. The summed E-state index contributed by atoms with van der Waals surface area (Å²) in [6.07, 6.45) is 2.68. The highest BCUT2D eigenvalue weighted by atomic mass is 32.3. The third kappa shape index (κ3) is 2.13. The van der Waals surface area contributed by atoms with Crippen molar-refractivity contribution < 1.29 is 17.3 Å². The van der Waals surface area contributed by atoms with Crippen LogP contribution in [0.25, 0.3) is 0 Å². The Morgan fingerprint density at radius 1 is 1.65 bits per heavy atom. The molecule has 20 heavy (non-hydrogen) atoms. The Morgan fingerprint density at radius 2 is 2.40 bits per heavy atom. The lowest BCUT2D eigenvalue weighted by atomic mass is 9.98. The second-order valence-corrected chi connectivity index (χ2v) is 5.68. The van der Waals surface area contributed by atoms with Crippen LogP contribution < -0.4 is 5.73 Å². The van der Waals surface area contributed by atoms with Gasteiger partial charge in [-0.15, -0.1) is 5.06 Å². The zero-order chi connectivity index (χ0) is 14.5. The quantitative estimate of drug-likeness (QED) is 0.354. The number of hydrogen-bond acceptors (Lipinski definition) is 8. The van der Waals surface area contributed by atoms with Crippen LogP contribution in [0.15, 0.2) is 6.20 Å². The van der Waals surface area contributed by atoms with Gasteiger partial charge in [-0.25, -0.2) is 4.68 Å². The van der Waals surface area contributed by atoms with Gasteiger partial charge in [-0.05, 0) is 0 Å². The van der Waals surface area contributed by atoms with Crippen molar-refractivity contribution >= 4 is 16.7 Å². The van der Waals surface area contributed by atoms with E-state index >= 15 is 0 Å². The molecular weight excluding hydrogens is 288 g/mol. The van der Waals surface area contributed by atoms with Gasteiger partial charge in [0.25, 0.3) is 0 Å². The predicted molar refractivity (Wildman–Crippen MR) is 67.0 cm³/mol. The van der Waals surface area contributed by atoms with Gasteiger partial charge in [-0.3, -0.25) is 14.9 Å². The molecule has 1 aromatic heterocycles. The highest BCUT2D eigenvalue weighted by Gasteiger charge is 2.46. The van der Waals surface area contributed by atoms with E-state index in [-0.39, 0.29) is 18.8 Å². The van der Waals surface area contributed by atoms with Gasteiger partial charge in [0.05, 0.1) is 24.4 Å². The second kappa shape index (κ2) is 4.58. The summed E-state index contributed by atoms with van der Waals surface area (Å²) in [7, 11) is -4.58. The molecule has 0 aromatic carbocycles. The first-order chi connectivity index (χ1) is 9.43. The minimum absolute atomic E-state index is 0.169. The zero-order valence-corrected chi connectivity index (χ0v) is 11.2. The third-order valence-corrected chi connectivity index (χ3v) is 3.91. The Kier molecular flexibility index (Phi) is 3.12. The summed E-state index contributed by atoms with van der Waals surface area (Å²) in [5, 5.41) is 12.7. The summed E-state index contributed by atoms with van der Waals surface area (Å²) < 4.78 is 36.5. The highest BCUT2D eigenvalue weighted by molar-refractivity contribution is 7.80. The lowest BCUT2D eigenvalue weighted by Crippen LogP contribution is -2.35. The van der Waals surface area contributed by atoms with E-state index in [1.54, 1.807) is 6.20 Å². The van der Waals surface area contributed by atoms with Gasteiger partial charge in [-0.1, -0.05) is 0 Å². The fourth-order valence-corrected chi connectivity index (χ4v) is 3.15. The summed E-state index contributed by atoms with van der Waals surface area (Å²) in [5.74, 6) is 0. The minimum atomic E-state index is -4.58. The standard InChI is InChI=1S/C9H14N6O4S/c10-1-7-9-6(2-14(4-11)12-9)8-3-13(7)5-15(8)19-20(16,17)18/h2,4,7-8,11H,1,3,5,10H2,(H,16,17,18)/t7-,8-/m1/s1. The Bertz CT molecular complexity index is 643. The number of aromatic nitrogens is 2. The molecule has 0 aliphatic carbocycles. The van der Waals surface area contributed by atoms with Gasteiger partial charge >= 0.3 is 10.4 Å². The van der Waals surface area contributed by atoms with Crippen LogP contribution in [-0.2, 0) is 14.7 Å². The predicted octanol–water partition coefficient (Wildman–Crippen LogP) is -1.30. The van der Waals surface area contributed by atoms with Gasteiger partial charge in [-0.2, -0.15) is 17.8 Å². The van der Waals surface area contributed by atoms with Crippen molar-refractivity contribution in [3.05, 3.63) is 17.5 Å². The van der Waals surface area contributed by atoms with Crippen molar-refractivity contribution in [2.45, 2.75) is 12.1 Å². The molecule has 2 aliphatic heterocycles. The smallest absolute Gasteiger partial charge is 0.329 e. The van der Waals surface area contributed by atoms with Crippen LogP contribution in [0, 0.1) is 5.41 Å². The molecule has 2 aliphatic rings. The van der Waals surface area contributed by atoms with Crippen molar-refractivity contribution in [2.75, 3.05) is 19.8 Å². The Balaban J connectivity index is 2.00. The molecule has 0 radical (unpaired) electrons. The Morgan fingerprint density at radius 3 is 3.00 bits per heavy atom. The van der Waals surface area contributed by atoms with Crippen molar-refractivity contribution in [1.29, 1.82) is 5.41 Å². The largest absolute Gasteiger partial charge is 0.413 e. The van der Waals surface area contributed by atoms with Gasteiger partial charge in [0.15, 0.2) is 0 Å². The van der Waals surface area contributed by atoms with Crippen LogP contribution in [0.5, 0.6) is 0 Å².